The second-order valence-electron chi connectivity index (χ2n) is 4.11. The number of hydrogen-bond acceptors (Lipinski definition) is 2. The molecule has 96 valence electrons. The quantitative estimate of drug-likeness (QED) is 0.685. The Morgan fingerprint density at radius 2 is 1.89 bits per heavy atom. The largest absolute Gasteiger partial charge is 0.486 e. The molecule has 0 N–H and O–H groups in total. The lowest BCUT2D eigenvalue weighted by molar-refractivity contribution is 0.273. The van der Waals surface area contributed by atoms with Gasteiger partial charge in [0, 0.05) is 10.4 Å². The summed E-state index contributed by atoms with van der Waals surface area (Å²) in [6.07, 6.45) is 0. The van der Waals surface area contributed by atoms with Gasteiger partial charge in [-0.1, -0.05) is 23.7 Å². The highest BCUT2D eigenvalue weighted by Crippen LogP contribution is 2.23. The van der Waals surface area contributed by atoms with Crippen LogP contribution in [-0.4, -0.2) is 0 Å². The molecule has 1 heterocycles. The van der Waals surface area contributed by atoms with Crippen LogP contribution in [0.5, 0.6) is 5.75 Å². The SMILES string of the molecule is Fc1cccc2cc(COc3ccc(Cl)cc3)oc12. The molecule has 3 rings (SSSR count). The van der Waals surface area contributed by atoms with Gasteiger partial charge in [-0.25, -0.2) is 4.39 Å². The van der Waals surface area contributed by atoms with Crippen LogP contribution in [-0.2, 0) is 6.61 Å². The van der Waals surface area contributed by atoms with Gasteiger partial charge in [0.2, 0.25) is 0 Å². The number of furan rings is 1. The van der Waals surface area contributed by atoms with E-state index in [0.717, 1.165) is 5.39 Å². The van der Waals surface area contributed by atoms with E-state index in [-0.39, 0.29) is 18.0 Å². The third kappa shape index (κ3) is 2.56. The van der Waals surface area contributed by atoms with Crippen LogP contribution in [0.15, 0.2) is 52.9 Å². The van der Waals surface area contributed by atoms with Crippen molar-refractivity contribution in [3.63, 3.8) is 0 Å². The van der Waals surface area contributed by atoms with Crippen LogP contribution in [0.1, 0.15) is 5.76 Å². The second-order valence-corrected chi connectivity index (χ2v) is 4.55. The molecule has 0 spiro atoms. The number of hydrogen-bond donors (Lipinski definition) is 0. The summed E-state index contributed by atoms with van der Waals surface area (Å²) in [4.78, 5) is 0. The zero-order valence-corrected chi connectivity index (χ0v) is 10.7. The van der Waals surface area contributed by atoms with Gasteiger partial charge in [-0.3, -0.25) is 0 Å². The summed E-state index contributed by atoms with van der Waals surface area (Å²) < 4.78 is 24.4. The first kappa shape index (κ1) is 12.1. The molecule has 0 saturated carbocycles. The molecule has 1 aromatic heterocycles. The molecule has 0 aliphatic rings. The predicted octanol–water partition coefficient (Wildman–Crippen LogP) is 4.80. The molecule has 2 nitrogen and oxygen atoms in total. The number of fused-ring (bicyclic) bond motifs is 1. The van der Waals surface area contributed by atoms with Gasteiger partial charge in [-0.15, -0.1) is 0 Å². The van der Waals surface area contributed by atoms with Gasteiger partial charge in [-0.05, 0) is 36.4 Å². The Labute approximate surface area is 114 Å². The minimum absolute atomic E-state index is 0.246. The summed E-state index contributed by atoms with van der Waals surface area (Å²) in [5, 5.41) is 1.38. The molecule has 0 bridgehead atoms. The second kappa shape index (κ2) is 4.94. The lowest BCUT2D eigenvalue weighted by atomic mass is 10.2. The molecule has 4 heteroatoms. The van der Waals surface area contributed by atoms with Crippen LogP contribution in [0.25, 0.3) is 11.0 Å². The Kier molecular flexibility index (Phi) is 3.13. The molecule has 3 aromatic rings. The summed E-state index contributed by atoms with van der Waals surface area (Å²) >= 11 is 5.78. The molecule has 0 fully saturated rings. The highest BCUT2D eigenvalue weighted by atomic mass is 35.5. The zero-order chi connectivity index (χ0) is 13.2. The fourth-order valence-electron chi connectivity index (χ4n) is 1.84. The molecule has 0 aliphatic carbocycles. The van der Waals surface area contributed by atoms with Gasteiger partial charge in [-0.2, -0.15) is 0 Å². The minimum atomic E-state index is -0.366. The predicted molar refractivity (Wildman–Crippen MR) is 72.0 cm³/mol. The normalized spacial score (nSPS) is 10.8. The van der Waals surface area contributed by atoms with Crippen LogP contribution >= 0.6 is 11.6 Å². The summed E-state index contributed by atoms with van der Waals surface area (Å²) in [5.74, 6) is 0.899. The van der Waals surface area contributed by atoms with Gasteiger partial charge >= 0.3 is 0 Å². The van der Waals surface area contributed by atoms with E-state index < -0.39 is 0 Å². The molecule has 0 aliphatic heterocycles. The maximum absolute atomic E-state index is 13.5. The standard InChI is InChI=1S/C15H10ClFO2/c16-11-4-6-12(7-5-11)18-9-13-8-10-2-1-3-14(17)15(10)19-13/h1-8H,9H2. The fourth-order valence-corrected chi connectivity index (χ4v) is 1.96. The van der Waals surface area contributed by atoms with Gasteiger partial charge in [0.1, 0.15) is 18.1 Å². The van der Waals surface area contributed by atoms with Crippen molar-refractivity contribution in [3.05, 3.63) is 65.1 Å². The third-order valence-corrected chi connectivity index (χ3v) is 2.99. The maximum Gasteiger partial charge on any atom is 0.170 e. The molecule has 0 amide bonds. The molecule has 0 saturated heterocycles. The van der Waals surface area contributed by atoms with E-state index in [1.54, 1.807) is 42.5 Å². The maximum atomic E-state index is 13.5. The molecular weight excluding hydrogens is 267 g/mol. The molecule has 2 aromatic carbocycles. The van der Waals surface area contributed by atoms with Crippen molar-refractivity contribution < 1.29 is 13.5 Å². The lowest BCUT2D eigenvalue weighted by Crippen LogP contribution is -1.92. The van der Waals surface area contributed by atoms with E-state index in [1.165, 1.54) is 6.07 Å². The van der Waals surface area contributed by atoms with Crippen molar-refractivity contribution >= 4 is 22.6 Å². The number of ether oxygens (including phenoxy) is 1. The third-order valence-electron chi connectivity index (χ3n) is 2.74. The van der Waals surface area contributed by atoms with Gasteiger partial charge in [0.15, 0.2) is 11.4 Å². The van der Waals surface area contributed by atoms with Crippen molar-refractivity contribution in [2.75, 3.05) is 0 Å². The monoisotopic (exact) mass is 276 g/mol. The van der Waals surface area contributed by atoms with E-state index >= 15 is 0 Å². The van der Waals surface area contributed by atoms with Crippen molar-refractivity contribution in [1.29, 1.82) is 0 Å². The summed E-state index contributed by atoms with van der Waals surface area (Å²) in [6.45, 7) is 0.246. The van der Waals surface area contributed by atoms with Gasteiger partial charge in [0.05, 0.1) is 0 Å². The Morgan fingerprint density at radius 3 is 2.63 bits per heavy atom. The van der Waals surface area contributed by atoms with E-state index in [0.29, 0.717) is 16.5 Å². The van der Waals surface area contributed by atoms with Crippen LogP contribution in [0.3, 0.4) is 0 Å². The minimum Gasteiger partial charge on any atom is -0.486 e. The van der Waals surface area contributed by atoms with Crippen molar-refractivity contribution in [2.24, 2.45) is 0 Å². The number of halogens is 2. The Hall–Kier alpha value is -2.00. The van der Waals surface area contributed by atoms with E-state index in [9.17, 15) is 4.39 Å². The van der Waals surface area contributed by atoms with Crippen molar-refractivity contribution in [3.8, 4) is 5.75 Å². The summed E-state index contributed by atoms with van der Waals surface area (Å²) in [6, 6.07) is 13.6. The highest BCUT2D eigenvalue weighted by molar-refractivity contribution is 6.30. The van der Waals surface area contributed by atoms with Crippen molar-refractivity contribution in [1.82, 2.24) is 0 Å². The number of benzene rings is 2. The number of para-hydroxylation sites is 1. The first-order valence-corrected chi connectivity index (χ1v) is 6.15. The van der Waals surface area contributed by atoms with Gasteiger partial charge in [0.25, 0.3) is 0 Å². The average molecular weight is 277 g/mol. The smallest absolute Gasteiger partial charge is 0.170 e. The van der Waals surface area contributed by atoms with Crippen LogP contribution < -0.4 is 4.74 Å². The zero-order valence-electron chi connectivity index (χ0n) is 9.90. The molecule has 19 heavy (non-hydrogen) atoms. The Balaban J connectivity index is 1.78. The fraction of sp³-hybridized carbons (Fsp3) is 0.0667. The van der Waals surface area contributed by atoms with Gasteiger partial charge < -0.3 is 9.15 Å². The molecular formula is C15H10ClFO2. The van der Waals surface area contributed by atoms with Crippen LogP contribution in [0.2, 0.25) is 5.02 Å². The summed E-state index contributed by atoms with van der Waals surface area (Å²) in [7, 11) is 0. The highest BCUT2D eigenvalue weighted by Gasteiger charge is 2.08. The molecule has 0 unspecified atom stereocenters. The first-order valence-electron chi connectivity index (χ1n) is 5.78. The van der Waals surface area contributed by atoms with E-state index in [1.807, 2.05) is 0 Å². The molecule has 0 radical (unpaired) electrons. The average Bonchev–Trinajstić information content (AvgIpc) is 2.83. The molecule has 0 atom stereocenters. The van der Waals surface area contributed by atoms with E-state index in [2.05, 4.69) is 0 Å². The van der Waals surface area contributed by atoms with Crippen LogP contribution in [0, 0.1) is 5.82 Å². The number of rotatable bonds is 3. The summed E-state index contributed by atoms with van der Waals surface area (Å²) in [5.41, 5.74) is 0.261. The Morgan fingerprint density at radius 1 is 1.11 bits per heavy atom. The van der Waals surface area contributed by atoms with Crippen molar-refractivity contribution in [2.45, 2.75) is 6.61 Å². The lowest BCUT2D eigenvalue weighted by Gasteiger charge is -2.03. The van der Waals surface area contributed by atoms with Crippen LogP contribution in [0.4, 0.5) is 4.39 Å². The topological polar surface area (TPSA) is 22.4 Å². The Bertz CT molecular complexity index is 704. The first-order chi connectivity index (χ1) is 9.22. The van der Waals surface area contributed by atoms with E-state index in [4.69, 9.17) is 20.8 Å².